The van der Waals surface area contributed by atoms with Crippen LogP contribution in [0.5, 0.6) is 0 Å². The number of amides is 1. The summed E-state index contributed by atoms with van der Waals surface area (Å²) in [5, 5.41) is 13.1. The lowest BCUT2D eigenvalue weighted by Gasteiger charge is -2.15. The zero-order valence-electron chi connectivity index (χ0n) is 15.7. The topological polar surface area (TPSA) is 137 Å². The van der Waals surface area contributed by atoms with Gasteiger partial charge in [0.25, 0.3) is 5.56 Å². The van der Waals surface area contributed by atoms with Crippen molar-refractivity contribution >= 4 is 33.7 Å². The first-order valence-corrected chi connectivity index (χ1v) is 9.23. The van der Waals surface area contributed by atoms with E-state index in [4.69, 9.17) is 0 Å². The number of benzene rings is 2. The van der Waals surface area contributed by atoms with Crippen LogP contribution in [0.25, 0.3) is 21.8 Å². The minimum Gasteiger partial charge on any atom is -0.480 e. The van der Waals surface area contributed by atoms with Crippen LogP contribution in [0, 0.1) is 0 Å². The molecule has 4 aromatic rings. The van der Waals surface area contributed by atoms with E-state index < -0.39 is 35.7 Å². The van der Waals surface area contributed by atoms with E-state index in [9.17, 15) is 24.3 Å². The fraction of sp³-hybridized carbons (Fsp3) is 0.143. The molecule has 2 aromatic heterocycles. The Morgan fingerprint density at radius 3 is 2.40 bits per heavy atom. The third kappa shape index (κ3) is 3.60. The summed E-state index contributed by atoms with van der Waals surface area (Å²) in [5.41, 5.74) is 0.605. The molecule has 0 aliphatic carbocycles. The molecule has 4 N–H and O–H groups in total. The van der Waals surface area contributed by atoms with Crippen LogP contribution in [0.3, 0.4) is 0 Å². The van der Waals surface area contributed by atoms with Crippen molar-refractivity contribution in [2.75, 3.05) is 0 Å². The van der Waals surface area contributed by atoms with Crippen LogP contribution in [-0.2, 0) is 22.6 Å². The second-order valence-corrected chi connectivity index (χ2v) is 6.89. The first-order chi connectivity index (χ1) is 14.4. The summed E-state index contributed by atoms with van der Waals surface area (Å²) < 4.78 is 0.752. The van der Waals surface area contributed by atoms with Gasteiger partial charge in [-0.1, -0.05) is 30.3 Å². The first kappa shape index (κ1) is 19.2. The average Bonchev–Trinajstić information content (AvgIpc) is 3.13. The Hall–Kier alpha value is -4.14. The van der Waals surface area contributed by atoms with Crippen molar-refractivity contribution in [2.45, 2.75) is 19.0 Å². The van der Waals surface area contributed by atoms with Crippen molar-refractivity contribution < 1.29 is 14.7 Å². The minimum atomic E-state index is -1.22. The molecule has 2 aromatic carbocycles. The van der Waals surface area contributed by atoms with Crippen LogP contribution in [0.1, 0.15) is 5.56 Å². The molecule has 30 heavy (non-hydrogen) atoms. The molecular formula is C21H18N4O5. The van der Waals surface area contributed by atoms with Crippen molar-refractivity contribution in [3.8, 4) is 0 Å². The highest BCUT2D eigenvalue weighted by atomic mass is 16.4. The van der Waals surface area contributed by atoms with Crippen LogP contribution in [0.15, 0.2) is 64.3 Å². The maximum Gasteiger partial charge on any atom is 0.329 e. The number of aromatic amines is 2. The lowest BCUT2D eigenvalue weighted by molar-refractivity contribution is -0.141. The Balaban J connectivity index is 1.56. The van der Waals surface area contributed by atoms with Gasteiger partial charge in [0.15, 0.2) is 0 Å². The van der Waals surface area contributed by atoms with Gasteiger partial charge in [0, 0.05) is 23.5 Å². The Bertz CT molecular complexity index is 1380. The number of aliphatic carboxylic acids is 1. The average molecular weight is 406 g/mol. The summed E-state index contributed by atoms with van der Waals surface area (Å²) in [6, 6.07) is 12.7. The van der Waals surface area contributed by atoms with E-state index >= 15 is 0 Å². The normalized spacial score (nSPS) is 12.1. The molecule has 0 aliphatic rings. The maximum absolute atomic E-state index is 12.5. The Labute approximate surface area is 169 Å². The predicted octanol–water partition coefficient (Wildman–Crippen LogP) is 0.983. The molecule has 152 valence electrons. The standard InChI is InChI=1S/C21H18N4O5/c26-18(11-25-19(27)14-6-2-4-8-16(14)24-21(25)30)23-17(20(28)29)9-12-10-22-15-7-3-1-5-13(12)15/h1-8,10,17,22H,9,11H2,(H,23,26)(H,24,30)(H,28,29)/t17-/m1/s1. The van der Waals surface area contributed by atoms with Gasteiger partial charge in [0.05, 0.1) is 10.9 Å². The number of carbonyl (C=O) groups excluding carboxylic acids is 1. The van der Waals surface area contributed by atoms with Gasteiger partial charge in [-0.3, -0.25) is 14.2 Å². The fourth-order valence-corrected chi connectivity index (χ4v) is 3.45. The molecule has 2 heterocycles. The largest absolute Gasteiger partial charge is 0.480 e. The van der Waals surface area contributed by atoms with Gasteiger partial charge in [0.1, 0.15) is 12.6 Å². The molecule has 0 fully saturated rings. The number of carbonyl (C=O) groups is 2. The van der Waals surface area contributed by atoms with E-state index in [1.54, 1.807) is 30.5 Å². The van der Waals surface area contributed by atoms with Gasteiger partial charge in [-0.05, 0) is 23.8 Å². The first-order valence-electron chi connectivity index (χ1n) is 9.23. The fourth-order valence-electron chi connectivity index (χ4n) is 3.45. The lowest BCUT2D eigenvalue weighted by atomic mass is 10.0. The molecule has 1 atom stereocenters. The number of carboxylic acids is 1. The van der Waals surface area contributed by atoms with E-state index in [1.165, 1.54) is 0 Å². The number of hydrogen-bond donors (Lipinski definition) is 4. The number of rotatable bonds is 6. The molecule has 4 rings (SSSR count). The van der Waals surface area contributed by atoms with Crippen LogP contribution < -0.4 is 16.6 Å². The molecule has 1 amide bonds. The molecule has 9 heteroatoms. The summed E-state index contributed by atoms with van der Waals surface area (Å²) in [6.45, 7) is -0.587. The van der Waals surface area contributed by atoms with Gasteiger partial charge in [-0.2, -0.15) is 0 Å². The summed E-state index contributed by atoms with van der Waals surface area (Å²) in [7, 11) is 0. The van der Waals surface area contributed by atoms with Gasteiger partial charge in [-0.25, -0.2) is 9.59 Å². The van der Waals surface area contributed by atoms with Crippen LogP contribution in [0.2, 0.25) is 0 Å². The molecule has 0 saturated heterocycles. The number of aromatic nitrogens is 3. The predicted molar refractivity (Wildman–Crippen MR) is 110 cm³/mol. The molecule has 0 saturated carbocycles. The summed E-state index contributed by atoms with van der Waals surface area (Å²) in [6.07, 6.45) is 1.75. The van der Waals surface area contributed by atoms with Gasteiger partial charge in [-0.15, -0.1) is 0 Å². The number of nitrogens with one attached hydrogen (secondary N) is 3. The second kappa shape index (κ2) is 7.70. The Kier molecular flexibility index (Phi) is 4.93. The van der Waals surface area contributed by atoms with E-state index in [0.717, 1.165) is 21.0 Å². The van der Waals surface area contributed by atoms with Crippen molar-refractivity contribution in [1.29, 1.82) is 0 Å². The quantitative estimate of drug-likeness (QED) is 0.378. The van der Waals surface area contributed by atoms with Crippen molar-refractivity contribution in [3.63, 3.8) is 0 Å². The zero-order valence-corrected chi connectivity index (χ0v) is 15.7. The Morgan fingerprint density at radius 1 is 1.00 bits per heavy atom. The highest BCUT2D eigenvalue weighted by Crippen LogP contribution is 2.19. The van der Waals surface area contributed by atoms with E-state index in [0.29, 0.717) is 5.52 Å². The van der Waals surface area contributed by atoms with Gasteiger partial charge in [0.2, 0.25) is 5.91 Å². The Morgan fingerprint density at radius 2 is 1.67 bits per heavy atom. The number of carboxylic acid groups (broad SMARTS) is 1. The molecule has 0 spiro atoms. The van der Waals surface area contributed by atoms with Crippen LogP contribution in [-0.4, -0.2) is 37.6 Å². The molecular weight excluding hydrogens is 388 g/mol. The van der Waals surface area contributed by atoms with Crippen LogP contribution >= 0.6 is 0 Å². The van der Waals surface area contributed by atoms with E-state index in [-0.39, 0.29) is 11.8 Å². The van der Waals surface area contributed by atoms with Gasteiger partial charge >= 0.3 is 11.7 Å². The molecule has 0 unspecified atom stereocenters. The van der Waals surface area contributed by atoms with E-state index in [1.807, 2.05) is 24.3 Å². The molecule has 0 bridgehead atoms. The highest BCUT2D eigenvalue weighted by Gasteiger charge is 2.22. The van der Waals surface area contributed by atoms with Crippen molar-refractivity contribution in [2.24, 2.45) is 0 Å². The SMILES string of the molecule is O=C(Cn1c(=O)[nH]c2ccccc2c1=O)N[C@H](Cc1c[nH]c2ccccc12)C(=O)O. The summed E-state index contributed by atoms with van der Waals surface area (Å²) >= 11 is 0. The number of nitrogens with zero attached hydrogens (tertiary/aromatic N) is 1. The summed E-state index contributed by atoms with van der Waals surface area (Å²) in [4.78, 5) is 54.5. The van der Waals surface area contributed by atoms with Crippen molar-refractivity contribution in [1.82, 2.24) is 19.9 Å². The summed E-state index contributed by atoms with van der Waals surface area (Å²) in [5.74, 6) is -1.96. The zero-order chi connectivity index (χ0) is 21.3. The van der Waals surface area contributed by atoms with Gasteiger partial charge < -0.3 is 20.4 Å². The second-order valence-electron chi connectivity index (χ2n) is 6.89. The smallest absolute Gasteiger partial charge is 0.329 e. The molecule has 9 nitrogen and oxygen atoms in total. The number of para-hydroxylation sites is 2. The third-order valence-corrected chi connectivity index (χ3v) is 4.92. The monoisotopic (exact) mass is 406 g/mol. The number of fused-ring (bicyclic) bond motifs is 2. The third-order valence-electron chi connectivity index (χ3n) is 4.92. The minimum absolute atomic E-state index is 0.0497. The number of hydrogen-bond acceptors (Lipinski definition) is 4. The van der Waals surface area contributed by atoms with Crippen molar-refractivity contribution in [3.05, 3.63) is 81.1 Å². The van der Waals surface area contributed by atoms with E-state index in [2.05, 4.69) is 15.3 Å². The van der Waals surface area contributed by atoms with Crippen LogP contribution in [0.4, 0.5) is 0 Å². The lowest BCUT2D eigenvalue weighted by Crippen LogP contribution is -2.46. The molecule has 0 aliphatic heterocycles. The highest BCUT2D eigenvalue weighted by molar-refractivity contribution is 5.87. The number of H-pyrrole nitrogens is 2. The maximum atomic E-state index is 12.5. The molecule has 0 radical (unpaired) electrons.